The summed E-state index contributed by atoms with van der Waals surface area (Å²) in [6.07, 6.45) is 1.71. The summed E-state index contributed by atoms with van der Waals surface area (Å²) in [6, 6.07) is 4.84. The zero-order valence-electron chi connectivity index (χ0n) is 11.0. The van der Waals surface area contributed by atoms with Crippen LogP contribution in [0.5, 0.6) is 0 Å². The molecule has 106 valence electrons. The van der Waals surface area contributed by atoms with Gasteiger partial charge < -0.3 is 0 Å². The SMILES string of the molecule is CC(C)CCCNS(=O)(=O)c1ccc([N+](=O)[O-])cc1. The fraction of sp³-hybridized carbons (Fsp3) is 0.500. The maximum Gasteiger partial charge on any atom is 0.269 e. The largest absolute Gasteiger partial charge is 0.269 e. The fourth-order valence-electron chi connectivity index (χ4n) is 1.55. The number of nitrogens with zero attached hydrogens (tertiary/aromatic N) is 1. The van der Waals surface area contributed by atoms with E-state index < -0.39 is 14.9 Å². The number of rotatable bonds is 7. The van der Waals surface area contributed by atoms with E-state index in [1.165, 1.54) is 24.3 Å². The van der Waals surface area contributed by atoms with Crippen molar-refractivity contribution in [1.29, 1.82) is 0 Å². The van der Waals surface area contributed by atoms with Crippen molar-refractivity contribution >= 4 is 15.7 Å². The average molecular weight is 286 g/mol. The van der Waals surface area contributed by atoms with E-state index in [9.17, 15) is 18.5 Å². The first-order valence-corrected chi connectivity index (χ1v) is 7.55. The Bertz CT molecular complexity index is 523. The van der Waals surface area contributed by atoms with E-state index in [0.717, 1.165) is 12.8 Å². The van der Waals surface area contributed by atoms with E-state index in [2.05, 4.69) is 18.6 Å². The Kier molecular flexibility index (Phi) is 5.44. The van der Waals surface area contributed by atoms with E-state index in [1.54, 1.807) is 0 Å². The molecule has 19 heavy (non-hydrogen) atoms. The summed E-state index contributed by atoms with van der Waals surface area (Å²) in [6.45, 7) is 4.52. The van der Waals surface area contributed by atoms with Crippen LogP contribution < -0.4 is 4.72 Å². The van der Waals surface area contributed by atoms with Crippen LogP contribution in [0.4, 0.5) is 5.69 Å². The molecule has 0 bridgehead atoms. The molecule has 0 unspecified atom stereocenters. The minimum absolute atomic E-state index is 0.0441. The topological polar surface area (TPSA) is 89.3 Å². The van der Waals surface area contributed by atoms with Gasteiger partial charge in [-0.1, -0.05) is 13.8 Å². The highest BCUT2D eigenvalue weighted by Gasteiger charge is 2.15. The van der Waals surface area contributed by atoms with E-state index in [-0.39, 0.29) is 10.6 Å². The molecule has 0 aliphatic rings. The maximum absolute atomic E-state index is 11.9. The van der Waals surface area contributed by atoms with Crippen molar-refractivity contribution in [1.82, 2.24) is 4.72 Å². The van der Waals surface area contributed by atoms with Crippen LogP contribution in [-0.2, 0) is 10.0 Å². The summed E-state index contributed by atoms with van der Waals surface area (Å²) in [5.41, 5.74) is -0.126. The molecule has 1 rings (SSSR count). The van der Waals surface area contributed by atoms with Gasteiger partial charge in [0.1, 0.15) is 0 Å². The van der Waals surface area contributed by atoms with Crippen LogP contribution in [0, 0.1) is 16.0 Å². The van der Waals surface area contributed by atoms with Crippen molar-refractivity contribution in [3.8, 4) is 0 Å². The van der Waals surface area contributed by atoms with Crippen LogP contribution in [0.1, 0.15) is 26.7 Å². The molecule has 0 amide bonds. The molecule has 0 aromatic heterocycles. The Morgan fingerprint density at radius 1 is 1.26 bits per heavy atom. The summed E-state index contributed by atoms with van der Waals surface area (Å²) < 4.78 is 26.2. The van der Waals surface area contributed by atoms with Gasteiger partial charge >= 0.3 is 0 Å². The normalized spacial score (nSPS) is 11.7. The summed E-state index contributed by atoms with van der Waals surface area (Å²) in [7, 11) is -3.57. The summed E-state index contributed by atoms with van der Waals surface area (Å²) in [4.78, 5) is 9.96. The van der Waals surface area contributed by atoms with Crippen LogP contribution in [-0.4, -0.2) is 19.9 Å². The quantitative estimate of drug-likeness (QED) is 0.473. The Balaban J connectivity index is 2.64. The molecule has 0 fully saturated rings. The van der Waals surface area contributed by atoms with Crippen LogP contribution in [0.25, 0.3) is 0 Å². The maximum atomic E-state index is 11.9. The Labute approximate surface area is 113 Å². The highest BCUT2D eigenvalue weighted by molar-refractivity contribution is 7.89. The minimum Gasteiger partial charge on any atom is -0.258 e. The molecule has 0 aliphatic carbocycles. The van der Waals surface area contributed by atoms with Gasteiger partial charge in [-0.25, -0.2) is 13.1 Å². The highest BCUT2D eigenvalue weighted by atomic mass is 32.2. The van der Waals surface area contributed by atoms with Gasteiger partial charge in [-0.05, 0) is 30.9 Å². The lowest BCUT2D eigenvalue weighted by molar-refractivity contribution is -0.384. The lowest BCUT2D eigenvalue weighted by Gasteiger charge is -2.07. The number of nitro benzene ring substituents is 1. The standard InChI is InChI=1S/C12H18N2O4S/c1-10(2)4-3-9-13-19(17,18)12-7-5-11(6-8-12)14(15)16/h5-8,10,13H,3-4,9H2,1-2H3. The van der Waals surface area contributed by atoms with Gasteiger partial charge in [0, 0.05) is 18.7 Å². The third-order valence-electron chi connectivity index (χ3n) is 2.61. The molecular formula is C12H18N2O4S. The minimum atomic E-state index is -3.57. The molecule has 6 nitrogen and oxygen atoms in total. The Morgan fingerprint density at radius 3 is 2.32 bits per heavy atom. The smallest absolute Gasteiger partial charge is 0.258 e. The number of hydrogen-bond acceptors (Lipinski definition) is 4. The van der Waals surface area contributed by atoms with Gasteiger partial charge in [-0.3, -0.25) is 10.1 Å². The number of nitro groups is 1. The van der Waals surface area contributed by atoms with Gasteiger partial charge in [0.25, 0.3) is 5.69 Å². The molecule has 1 aromatic carbocycles. The molecule has 0 saturated carbocycles. The van der Waals surface area contributed by atoms with Crippen molar-refractivity contribution in [3.63, 3.8) is 0 Å². The first-order valence-electron chi connectivity index (χ1n) is 6.07. The first kappa shape index (κ1) is 15.6. The zero-order valence-corrected chi connectivity index (χ0v) is 11.8. The van der Waals surface area contributed by atoms with Crippen molar-refractivity contribution in [2.45, 2.75) is 31.6 Å². The van der Waals surface area contributed by atoms with E-state index in [1.807, 2.05) is 0 Å². The molecule has 0 aliphatic heterocycles. The number of nitrogens with one attached hydrogen (secondary N) is 1. The molecule has 1 N–H and O–H groups in total. The Morgan fingerprint density at radius 2 is 1.84 bits per heavy atom. The lowest BCUT2D eigenvalue weighted by Crippen LogP contribution is -2.25. The van der Waals surface area contributed by atoms with E-state index in [4.69, 9.17) is 0 Å². The van der Waals surface area contributed by atoms with Crippen molar-refractivity contribution < 1.29 is 13.3 Å². The number of benzene rings is 1. The van der Waals surface area contributed by atoms with Gasteiger partial charge in [-0.15, -0.1) is 0 Å². The molecule has 7 heteroatoms. The molecular weight excluding hydrogens is 268 g/mol. The summed E-state index contributed by atoms with van der Waals surface area (Å²) in [5.74, 6) is 0.531. The molecule has 1 aromatic rings. The van der Waals surface area contributed by atoms with Gasteiger partial charge in [0.15, 0.2) is 0 Å². The Hall–Kier alpha value is -1.47. The van der Waals surface area contributed by atoms with Crippen molar-refractivity contribution in [2.24, 2.45) is 5.92 Å². The molecule has 0 atom stereocenters. The lowest BCUT2D eigenvalue weighted by atomic mass is 10.1. The zero-order chi connectivity index (χ0) is 14.5. The third kappa shape index (κ3) is 4.96. The van der Waals surface area contributed by atoms with E-state index in [0.29, 0.717) is 12.5 Å². The van der Waals surface area contributed by atoms with Crippen LogP contribution >= 0.6 is 0 Å². The monoisotopic (exact) mass is 286 g/mol. The second kappa shape index (κ2) is 6.63. The molecule has 0 spiro atoms. The predicted octanol–water partition coefficient (Wildman–Crippen LogP) is 2.31. The van der Waals surface area contributed by atoms with Gasteiger partial charge in [0.2, 0.25) is 10.0 Å². The second-order valence-corrected chi connectivity index (χ2v) is 6.45. The first-order chi connectivity index (χ1) is 8.83. The second-order valence-electron chi connectivity index (χ2n) is 4.68. The highest BCUT2D eigenvalue weighted by Crippen LogP contribution is 2.15. The van der Waals surface area contributed by atoms with Crippen LogP contribution in [0.3, 0.4) is 0 Å². The van der Waals surface area contributed by atoms with Crippen molar-refractivity contribution in [3.05, 3.63) is 34.4 Å². The number of hydrogen-bond donors (Lipinski definition) is 1. The summed E-state index contributed by atoms with van der Waals surface area (Å²) >= 11 is 0. The molecule has 0 saturated heterocycles. The fourth-order valence-corrected chi connectivity index (χ4v) is 2.62. The van der Waals surface area contributed by atoms with Crippen LogP contribution in [0.15, 0.2) is 29.2 Å². The van der Waals surface area contributed by atoms with Gasteiger partial charge in [-0.2, -0.15) is 0 Å². The van der Waals surface area contributed by atoms with Crippen molar-refractivity contribution in [2.75, 3.05) is 6.54 Å². The molecule has 0 radical (unpaired) electrons. The summed E-state index contributed by atoms with van der Waals surface area (Å²) in [5, 5.41) is 10.5. The number of non-ortho nitro benzene ring substituents is 1. The number of sulfonamides is 1. The third-order valence-corrected chi connectivity index (χ3v) is 4.09. The average Bonchev–Trinajstić information content (AvgIpc) is 2.34. The predicted molar refractivity (Wildman–Crippen MR) is 72.4 cm³/mol. The van der Waals surface area contributed by atoms with Crippen LogP contribution in [0.2, 0.25) is 0 Å². The van der Waals surface area contributed by atoms with Gasteiger partial charge in [0.05, 0.1) is 9.82 Å². The van der Waals surface area contributed by atoms with E-state index >= 15 is 0 Å². The molecule has 0 heterocycles.